The highest BCUT2D eigenvalue weighted by Gasteiger charge is 2.14. The van der Waals surface area contributed by atoms with Gasteiger partial charge in [0.25, 0.3) is 0 Å². The molecule has 3 aromatic rings. The molecule has 0 aliphatic heterocycles. The highest BCUT2D eigenvalue weighted by molar-refractivity contribution is 7.99. The Labute approximate surface area is 165 Å². The summed E-state index contributed by atoms with van der Waals surface area (Å²) in [6.45, 7) is 2.03. The highest BCUT2D eigenvalue weighted by atomic mass is 35.5. The van der Waals surface area contributed by atoms with E-state index in [1.165, 1.54) is 11.8 Å². The van der Waals surface area contributed by atoms with Crippen molar-refractivity contribution in [3.05, 3.63) is 58.1 Å². The van der Waals surface area contributed by atoms with E-state index >= 15 is 0 Å². The maximum absolute atomic E-state index is 12.2. The molecule has 1 aromatic heterocycles. The van der Waals surface area contributed by atoms with Crippen molar-refractivity contribution in [2.75, 3.05) is 11.1 Å². The molecule has 0 radical (unpaired) electrons. The number of anilines is 1. The second-order valence-electron chi connectivity index (χ2n) is 5.70. The van der Waals surface area contributed by atoms with Gasteiger partial charge in [0.1, 0.15) is 0 Å². The van der Waals surface area contributed by atoms with Crippen LogP contribution in [0.15, 0.2) is 47.6 Å². The number of hydrogen-bond acceptors (Lipinski definition) is 4. The molecule has 1 N–H and O–H groups in total. The first kappa shape index (κ1) is 18.8. The van der Waals surface area contributed by atoms with Gasteiger partial charge in [0.2, 0.25) is 5.91 Å². The molecule has 0 aliphatic rings. The number of nitrogens with one attached hydrogen (secondary N) is 1. The fourth-order valence-corrected chi connectivity index (χ4v) is 3.55. The smallest absolute Gasteiger partial charge is 0.234 e. The monoisotopic (exact) mass is 406 g/mol. The van der Waals surface area contributed by atoms with Gasteiger partial charge in [-0.1, -0.05) is 58.7 Å². The topological polar surface area (TPSA) is 59.8 Å². The minimum atomic E-state index is -0.181. The lowest BCUT2D eigenvalue weighted by atomic mass is 10.1. The maximum Gasteiger partial charge on any atom is 0.234 e. The highest BCUT2D eigenvalue weighted by Crippen LogP contribution is 2.26. The van der Waals surface area contributed by atoms with Crippen molar-refractivity contribution in [2.24, 2.45) is 7.05 Å². The summed E-state index contributed by atoms with van der Waals surface area (Å²) in [6.07, 6.45) is 0. The first-order valence-corrected chi connectivity index (χ1v) is 9.52. The fraction of sp³-hybridized carbons (Fsp3) is 0.167. The average Bonchev–Trinajstić information content (AvgIpc) is 2.96. The summed E-state index contributed by atoms with van der Waals surface area (Å²) in [7, 11) is 1.88. The van der Waals surface area contributed by atoms with Crippen molar-refractivity contribution in [1.82, 2.24) is 14.8 Å². The summed E-state index contributed by atoms with van der Waals surface area (Å²) in [4.78, 5) is 12.2. The van der Waals surface area contributed by atoms with E-state index in [9.17, 15) is 4.79 Å². The predicted molar refractivity (Wildman–Crippen MR) is 107 cm³/mol. The van der Waals surface area contributed by atoms with Gasteiger partial charge in [0.05, 0.1) is 16.5 Å². The first-order chi connectivity index (χ1) is 12.4. The number of nitrogens with zero attached hydrogens (tertiary/aromatic N) is 3. The SMILES string of the molecule is Cc1cccc(-c2nnc(SCC(=O)Nc3ccc(Cl)cc3Cl)n2C)c1. The minimum Gasteiger partial charge on any atom is -0.324 e. The Morgan fingerprint density at radius 2 is 2.00 bits per heavy atom. The molecule has 0 aliphatic carbocycles. The molecule has 1 heterocycles. The van der Waals surface area contributed by atoms with Crippen LogP contribution in [0.25, 0.3) is 11.4 Å². The second-order valence-corrected chi connectivity index (χ2v) is 7.48. The van der Waals surface area contributed by atoms with Crippen LogP contribution in [0.1, 0.15) is 5.56 Å². The molecule has 8 heteroatoms. The van der Waals surface area contributed by atoms with Gasteiger partial charge in [-0.15, -0.1) is 10.2 Å². The van der Waals surface area contributed by atoms with Gasteiger partial charge in [-0.3, -0.25) is 4.79 Å². The molecule has 0 saturated heterocycles. The molecule has 2 aromatic carbocycles. The maximum atomic E-state index is 12.2. The van der Waals surface area contributed by atoms with Gasteiger partial charge < -0.3 is 9.88 Å². The fourth-order valence-electron chi connectivity index (χ4n) is 2.38. The standard InChI is InChI=1S/C18H16Cl2N4OS/c1-11-4-3-5-12(8-11)17-22-23-18(24(17)2)26-10-16(25)21-15-7-6-13(19)9-14(15)20/h3-9H,10H2,1-2H3,(H,21,25). The average molecular weight is 407 g/mol. The Bertz CT molecular complexity index is 958. The van der Waals surface area contributed by atoms with E-state index < -0.39 is 0 Å². The molecule has 0 fully saturated rings. The van der Waals surface area contributed by atoms with Crippen molar-refractivity contribution < 1.29 is 4.79 Å². The lowest BCUT2D eigenvalue weighted by Crippen LogP contribution is -2.14. The Morgan fingerprint density at radius 3 is 2.73 bits per heavy atom. The van der Waals surface area contributed by atoms with Crippen LogP contribution in [0, 0.1) is 6.92 Å². The van der Waals surface area contributed by atoms with Crippen LogP contribution in [0.5, 0.6) is 0 Å². The van der Waals surface area contributed by atoms with Crippen molar-refractivity contribution in [3.63, 3.8) is 0 Å². The molecule has 0 atom stereocenters. The Morgan fingerprint density at radius 1 is 1.19 bits per heavy atom. The molecule has 5 nitrogen and oxygen atoms in total. The summed E-state index contributed by atoms with van der Waals surface area (Å²) in [5.41, 5.74) is 2.67. The third-order valence-corrected chi connectivity index (χ3v) is 5.22. The molecule has 0 unspecified atom stereocenters. The summed E-state index contributed by atoms with van der Waals surface area (Å²) in [6, 6.07) is 13.0. The molecule has 134 valence electrons. The Kier molecular flexibility index (Phi) is 5.86. The summed E-state index contributed by atoms with van der Waals surface area (Å²) in [5, 5.41) is 12.8. The van der Waals surface area contributed by atoms with Crippen molar-refractivity contribution in [1.29, 1.82) is 0 Å². The van der Waals surface area contributed by atoms with Gasteiger partial charge in [0.15, 0.2) is 11.0 Å². The number of carbonyl (C=O) groups is 1. The van der Waals surface area contributed by atoms with Crippen LogP contribution in [0.3, 0.4) is 0 Å². The van der Waals surface area contributed by atoms with Gasteiger partial charge >= 0.3 is 0 Å². The summed E-state index contributed by atoms with van der Waals surface area (Å²) < 4.78 is 1.88. The minimum absolute atomic E-state index is 0.181. The molecule has 0 spiro atoms. The van der Waals surface area contributed by atoms with Gasteiger partial charge in [-0.25, -0.2) is 0 Å². The Hall–Kier alpha value is -2.02. The number of thioether (sulfide) groups is 1. The zero-order valence-electron chi connectivity index (χ0n) is 14.2. The number of benzene rings is 2. The number of aryl methyl sites for hydroxylation is 1. The van der Waals surface area contributed by atoms with E-state index in [4.69, 9.17) is 23.2 Å². The summed E-state index contributed by atoms with van der Waals surface area (Å²) >= 11 is 13.2. The van der Waals surface area contributed by atoms with Crippen LogP contribution in [-0.4, -0.2) is 26.4 Å². The van der Waals surface area contributed by atoms with Crippen LogP contribution in [-0.2, 0) is 11.8 Å². The van der Waals surface area contributed by atoms with E-state index in [1.807, 2.05) is 42.8 Å². The number of hydrogen-bond donors (Lipinski definition) is 1. The van der Waals surface area contributed by atoms with Crippen LogP contribution in [0.2, 0.25) is 10.0 Å². The zero-order chi connectivity index (χ0) is 18.7. The van der Waals surface area contributed by atoms with Gasteiger partial charge in [0, 0.05) is 17.6 Å². The first-order valence-electron chi connectivity index (χ1n) is 7.78. The van der Waals surface area contributed by atoms with Gasteiger partial charge in [-0.05, 0) is 31.2 Å². The number of rotatable bonds is 5. The lowest BCUT2D eigenvalue weighted by molar-refractivity contribution is -0.113. The molecular formula is C18H16Cl2N4OS. The molecule has 3 rings (SSSR count). The van der Waals surface area contributed by atoms with Crippen molar-refractivity contribution in [3.8, 4) is 11.4 Å². The Balaban J connectivity index is 1.66. The number of halogens is 2. The third kappa shape index (κ3) is 4.38. The molecule has 0 saturated carbocycles. The largest absolute Gasteiger partial charge is 0.324 e. The van der Waals surface area contributed by atoms with E-state index in [0.717, 1.165) is 17.0 Å². The third-order valence-electron chi connectivity index (χ3n) is 3.65. The number of aromatic nitrogens is 3. The summed E-state index contributed by atoms with van der Waals surface area (Å²) in [5.74, 6) is 0.773. The van der Waals surface area contributed by atoms with Crippen LogP contribution < -0.4 is 5.32 Å². The number of amides is 1. The molecule has 0 bridgehead atoms. The van der Waals surface area contributed by atoms with E-state index in [-0.39, 0.29) is 11.7 Å². The molecule has 26 heavy (non-hydrogen) atoms. The predicted octanol–water partition coefficient (Wildman–Crippen LogP) is 4.83. The quantitative estimate of drug-likeness (QED) is 0.616. The lowest BCUT2D eigenvalue weighted by Gasteiger charge is -2.07. The van der Waals surface area contributed by atoms with Gasteiger partial charge in [-0.2, -0.15) is 0 Å². The zero-order valence-corrected chi connectivity index (χ0v) is 16.5. The van der Waals surface area contributed by atoms with E-state index in [2.05, 4.69) is 15.5 Å². The van der Waals surface area contributed by atoms with Crippen LogP contribution in [0.4, 0.5) is 5.69 Å². The van der Waals surface area contributed by atoms with Crippen molar-refractivity contribution >= 4 is 46.6 Å². The second kappa shape index (κ2) is 8.12. The normalized spacial score (nSPS) is 10.8. The molecule has 1 amide bonds. The van der Waals surface area contributed by atoms with Crippen molar-refractivity contribution in [2.45, 2.75) is 12.1 Å². The van der Waals surface area contributed by atoms with Crippen LogP contribution >= 0.6 is 35.0 Å². The van der Waals surface area contributed by atoms with E-state index in [1.54, 1.807) is 18.2 Å². The molecular weight excluding hydrogens is 391 g/mol. The van der Waals surface area contributed by atoms with E-state index in [0.29, 0.717) is 20.9 Å². The number of carbonyl (C=O) groups excluding carboxylic acids is 1.